The lowest BCUT2D eigenvalue weighted by atomic mass is 10.1. The maximum atomic E-state index is 11.9. The third-order valence-corrected chi connectivity index (χ3v) is 6.97. The topological polar surface area (TPSA) is 101 Å². The van der Waals surface area contributed by atoms with E-state index in [4.69, 9.17) is 0 Å². The molecular weight excluding hydrogens is 278 g/mol. The van der Waals surface area contributed by atoms with E-state index in [-0.39, 0.29) is 30.9 Å². The lowest BCUT2D eigenvalue weighted by molar-refractivity contribution is 0.0613. The molecule has 0 bridgehead atoms. The molecule has 1 fully saturated rings. The first kappa shape index (κ1) is 15.9. The Morgan fingerprint density at radius 1 is 1.33 bits per heavy atom. The molecular formula is C10H21NO5S2. The lowest BCUT2D eigenvalue weighted by Gasteiger charge is -2.26. The average Bonchev–Trinajstić information content (AvgIpc) is 2.26. The minimum atomic E-state index is -3.55. The van der Waals surface area contributed by atoms with Crippen molar-refractivity contribution in [2.24, 2.45) is 0 Å². The van der Waals surface area contributed by atoms with Gasteiger partial charge in [-0.2, -0.15) is 0 Å². The number of sulfone groups is 1. The molecule has 0 radical (unpaired) electrons. The zero-order valence-corrected chi connectivity index (χ0v) is 12.3. The first-order valence-electron chi connectivity index (χ1n) is 5.99. The van der Waals surface area contributed by atoms with Gasteiger partial charge in [-0.3, -0.25) is 0 Å². The van der Waals surface area contributed by atoms with Gasteiger partial charge in [0.1, 0.15) is 9.84 Å². The summed E-state index contributed by atoms with van der Waals surface area (Å²) in [4.78, 5) is 0. The second-order valence-corrected chi connectivity index (χ2v) is 9.42. The molecule has 6 nitrogen and oxygen atoms in total. The number of nitrogens with one attached hydrogen (secondary N) is 1. The second-order valence-electron chi connectivity index (χ2n) is 5.07. The van der Waals surface area contributed by atoms with Crippen molar-refractivity contribution in [1.29, 1.82) is 0 Å². The van der Waals surface area contributed by atoms with Crippen LogP contribution in [0.5, 0.6) is 0 Å². The van der Waals surface area contributed by atoms with E-state index in [2.05, 4.69) is 4.72 Å². The van der Waals surface area contributed by atoms with Crippen LogP contribution in [0.25, 0.3) is 0 Å². The number of sulfonamides is 1. The van der Waals surface area contributed by atoms with E-state index in [1.807, 2.05) is 0 Å². The van der Waals surface area contributed by atoms with E-state index in [1.54, 1.807) is 13.8 Å². The smallest absolute Gasteiger partial charge is 0.214 e. The molecule has 0 amide bonds. The minimum absolute atomic E-state index is 0.0465. The zero-order valence-electron chi connectivity index (χ0n) is 10.7. The van der Waals surface area contributed by atoms with Gasteiger partial charge in [0.05, 0.1) is 22.4 Å². The SMILES string of the molecule is CCC(C)(O)CNS(=O)(=O)C1CCS(=O)(=O)CC1. The zero-order chi connectivity index (χ0) is 14.0. The summed E-state index contributed by atoms with van der Waals surface area (Å²) in [5.41, 5.74) is -1.08. The Morgan fingerprint density at radius 3 is 2.28 bits per heavy atom. The van der Waals surface area contributed by atoms with Crippen LogP contribution in [0.1, 0.15) is 33.1 Å². The van der Waals surface area contributed by atoms with Gasteiger partial charge in [-0.25, -0.2) is 21.6 Å². The molecule has 0 saturated carbocycles. The van der Waals surface area contributed by atoms with Crippen molar-refractivity contribution in [1.82, 2.24) is 4.72 Å². The summed E-state index contributed by atoms with van der Waals surface area (Å²) < 4.78 is 48.7. The van der Waals surface area contributed by atoms with Crippen LogP contribution in [-0.4, -0.2) is 50.8 Å². The molecule has 18 heavy (non-hydrogen) atoms. The monoisotopic (exact) mass is 299 g/mol. The van der Waals surface area contributed by atoms with Gasteiger partial charge >= 0.3 is 0 Å². The van der Waals surface area contributed by atoms with E-state index in [0.717, 1.165) is 0 Å². The Bertz CT molecular complexity index is 466. The number of hydrogen-bond donors (Lipinski definition) is 2. The van der Waals surface area contributed by atoms with Crippen LogP contribution in [0.3, 0.4) is 0 Å². The first-order valence-corrected chi connectivity index (χ1v) is 9.36. The Kier molecular flexibility index (Phi) is 4.80. The predicted octanol–water partition coefficient (Wildman–Crippen LogP) is -0.356. The summed E-state index contributed by atoms with van der Waals surface area (Å²) in [6.45, 7) is 3.28. The molecule has 8 heteroatoms. The summed E-state index contributed by atoms with van der Waals surface area (Å²) in [6.07, 6.45) is 0.701. The molecule has 0 aromatic heterocycles. The second kappa shape index (κ2) is 5.44. The highest BCUT2D eigenvalue weighted by atomic mass is 32.2. The van der Waals surface area contributed by atoms with Crippen LogP contribution in [0.15, 0.2) is 0 Å². The van der Waals surface area contributed by atoms with Crippen molar-refractivity contribution < 1.29 is 21.9 Å². The van der Waals surface area contributed by atoms with Crippen LogP contribution in [0, 0.1) is 0 Å². The highest BCUT2D eigenvalue weighted by Crippen LogP contribution is 2.19. The van der Waals surface area contributed by atoms with E-state index in [9.17, 15) is 21.9 Å². The highest BCUT2D eigenvalue weighted by molar-refractivity contribution is 7.92. The third kappa shape index (κ3) is 4.49. The van der Waals surface area contributed by atoms with Crippen molar-refractivity contribution in [3.63, 3.8) is 0 Å². The normalized spacial score (nSPS) is 24.6. The summed E-state index contributed by atoms with van der Waals surface area (Å²) >= 11 is 0. The van der Waals surface area contributed by atoms with E-state index >= 15 is 0 Å². The van der Waals surface area contributed by atoms with Gasteiger partial charge in [-0.15, -0.1) is 0 Å². The van der Waals surface area contributed by atoms with Crippen LogP contribution in [0.4, 0.5) is 0 Å². The Hall–Kier alpha value is -0.180. The van der Waals surface area contributed by atoms with Gasteiger partial charge in [-0.05, 0) is 26.2 Å². The van der Waals surface area contributed by atoms with Gasteiger partial charge < -0.3 is 5.11 Å². The fourth-order valence-corrected chi connectivity index (χ4v) is 5.07. The van der Waals surface area contributed by atoms with Crippen LogP contribution in [-0.2, 0) is 19.9 Å². The van der Waals surface area contributed by atoms with E-state index in [1.165, 1.54) is 0 Å². The Balaban J connectivity index is 2.61. The molecule has 0 aromatic carbocycles. The van der Waals surface area contributed by atoms with E-state index in [0.29, 0.717) is 6.42 Å². The van der Waals surface area contributed by atoms with Gasteiger partial charge in [0.15, 0.2) is 0 Å². The molecule has 1 aliphatic heterocycles. The van der Waals surface area contributed by atoms with Crippen molar-refractivity contribution in [3.8, 4) is 0 Å². The summed E-state index contributed by atoms with van der Waals surface area (Å²) in [5, 5.41) is 9.07. The van der Waals surface area contributed by atoms with Crippen molar-refractivity contribution in [3.05, 3.63) is 0 Å². The van der Waals surface area contributed by atoms with E-state index < -0.39 is 30.7 Å². The summed E-state index contributed by atoms with van der Waals surface area (Å²) in [7, 11) is -6.62. The maximum absolute atomic E-state index is 11.9. The highest BCUT2D eigenvalue weighted by Gasteiger charge is 2.33. The molecule has 0 aromatic rings. The maximum Gasteiger partial charge on any atom is 0.214 e. The molecule has 1 unspecified atom stereocenters. The van der Waals surface area contributed by atoms with Crippen LogP contribution in [0.2, 0.25) is 0 Å². The van der Waals surface area contributed by atoms with Gasteiger partial charge in [-0.1, -0.05) is 6.92 Å². The van der Waals surface area contributed by atoms with Crippen molar-refractivity contribution >= 4 is 19.9 Å². The van der Waals surface area contributed by atoms with Crippen LogP contribution < -0.4 is 4.72 Å². The molecule has 0 aliphatic carbocycles. The first-order chi connectivity index (χ1) is 8.08. The van der Waals surface area contributed by atoms with Crippen molar-refractivity contribution in [2.45, 2.75) is 44.0 Å². The fraction of sp³-hybridized carbons (Fsp3) is 1.00. The average molecular weight is 299 g/mol. The molecule has 1 atom stereocenters. The molecule has 1 rings (SSSR count). The Labute approximate surface area is 109 Å². The van der Waals surface area contributed by atoms with Gasteiger partial charge in [0.25, 0.3) is 0 Å². The van der Waals surface area contributed by atoms with Crippen molar-refractivity contribution in [2.75, 3.05) is 18.1 Å². The lowest BCUT2D eigenvalue weighted by Crippen LogP contribution is -2.45. The standard InChI is InChI=1S/C10H21NO5S2/c1-3-10(2,12)8-11-18(15,16)9-4-6-17(13,14)7-5-9/h9,11-12H,3-8H2,1-2H3. The quantitative estimate of drug-likeness (QED) is 0.722. The molecule has 2 N–H and O–H groups in total. The van der Waals surface area contributed by atoms with Gasteiger partial charge in [0, 0.05) is 6.54 Å². The molecule has 1 heterocycles. The summed E-state index contributed by atoms with van der Waals surface area (Å²) in [6, 6.07) is 0. The molecule has 1 saturated heterocycles. The fourth-order valence-electron chi connectivity index (χ4n) is 1.68. The predicted molar refractivity (Wildman–Crippen MR) is 69.5 cm³/mol. The third-order valence-electron chi connectivity index (χ3n) is 3.36. The van der Waals surface area contributed by atoms with Gasteiger partial charge in [0.2, 0.25) is 10.0 Å². The molecule has 1 aliphatic rings. The van der Waals surface area contributed by atoms with Crippen LogP contribution >= 0.6 is 0 Å². The largest absolute Gasteiger partial charge is 0.389 e. The Morgan fingerprint density at radius 2 is 1.83 bits per heavy atom. The molecule has 108 valence electrons. The summed E-state index contributed by atoms with van der Waals surface area (Å²) in [5.74, 6) is -0.161. The molecule has 0 spiro atoms. The minimum Gasteiger partial charge on any atom is -0.389 e. The number of hydrogen-bond acceptors (Lipinski definition) is 5. The number of aliphatic hydroxyl groups is 1. The number of rotatable bonds is 5.